The minimum Gasteiger partial charge on any atom is -0.484 e. The van der Waals surface area contributed by atoms with E-state index in [2.05, 4.69) is 15.1 Å². The zero-order valence-electron chi connectivity index (χ0n) is 10.7. The van der Waals surface area contributed by atoms with Crippen molar-refractivity contribution in [3.05, 3.63) is 48.0 Å². The van der Waals surface area contributed by atoms with Gasteiger partial charge in [0.05, 0.1) is 5.69 Å². The van der Waals surface area contributed by atoms with Crippen LogP contribution in [0.1, 0.15) is 18.7 Å². The van der Waals surface area contributed by atoms with Gasteiger partial charge in [0.15, 0.2) is 0 Å². The van der Waals surface area contributed by atoms with Gasteiger partial charge in [0, 0.05) is 6.20 Å². The number of rotatable bonds is 3. The standard InChI is InChI=1S/C13H12FN5O/c1-8(20-10-4-2-9(14)3-5-10)11-6-7-16-13-17-12(15)18-19(11)13/h2-8H,1H3,(H2,15,18)/t8-/m0/s1. The van der Waals surface area contributed by atoms with E-state index in [9.17, 15) is 4.39 Å². The topological polar surface area (TPSA) is 78.3 Å². The number of benzene rings is 1. The molecule has 2 heterocycles. The molecule has 1 aromatic carbocycles. The summed E-state index contributed by atoms with van der Waals surface area (Å²) in [5, 5.41) is 4.07. The van der Waals surface area contributed by atoms with Crippen molar-refractivity contribution in [1.82, 2.24) is 19.6 Å². The molecule has 7 heteroatoms. The van der Waals surface area contributed by atoms with E-state index in [1.807, 2.05) is 6.92 Å². The lowest BCUT2D eigenvalue weighted by Gasteiger charge is -2.15. The molecule has 0 spiro atoms. The Bertz CT molecular complexity index is 740. The van der Waals surface area contributed by atoms with Crippen LogP contribution in [-0.4, -0.2) is 19.6 Å². The van der Waals surface area contributed by atoms with Crippen LogP contribution in [0.5, 0.6) is 5.75 Å². The van der Waals surface area contributed by atoms with Gasteiger partial charge in [0.25, 0.3) is 5.78 Å². The molecule has 0 aliphatic rings. The van der Waals surface area contributed by atoms with Gasteiger partial charge in [-0.05, 0) is 37.3 Å². The van der Waals surface area contributed by atoms with Gasteiger partial charge in [-0.1, -0.05) is 0 Å². The molecule has 0 saturated heterocycles. The molecule has 0 unspecified atom stereocenters. The molecule has 102 valence electrons. The van der Waals surface area contributed by atoms with Crippen molar-refractivity contribution in [2.24, 2.45) is 0 Å². The molecule has 2 N–H and O–H groups in total. The maximum atomic E-state index is 12.9. The Morgan fingerprint density at radius 3 is 2.75 bits per heavy atom. The third-order valence-electron chi connectivity index (χ3n) is 2.83. The van der Waals surface area contributed by atoms with Gasteiger partial charge in [-0.3, -0.25) is 0 Å². The molecule has 6 nitrogen and oxygen atoms in total. The summed E-state index contributed by atoms with van der Waals surface area (Å²) in [5.41, 5.74) is 6.32. The molecular formula is C13H12FN5O. The highest BCUT2D eigenvalue weighted by Gasteiger charge is 2.14. The van der Waals surface area contributed by atoms with E-state index < -0.39 is 0 Å². The van der Waals surface area contributed by atoms with E-state index in [-0.39, 0.29) is 17.9 Å². The first-order valence-electron chi connectivity index (χ1n) is 6.03. The zero-order valence-corrected chi connectivity index (χ0v) is 10.7. The number of fused-ring (bicyclic) bond motifs is 1. The first-order chi connectivity index (χ1) is 9.63. The fourth-order valence-corrected chi connectivity index (χ4v) is 1.91. The lowest BCUT2D eigenvalue weighted by molar-refractivity contribution is 0.218. The number of nitrogens with two attached hydrogens (primary N) is 1. The molecule has 3 rings (SSSR count). The van der Waals surface area contributed by atoms with Crippen molar-refractivity contribution >= 4 is 11.7 Å². The summed E-state index contributed by atoms with van der Waals surface area (Å²) >= 11 is 0. The Hall–Kier alpha value is -2.70. The summed E-state index contributed by atoms with van der Waals surface area (Å²) in [6.07, 6.45) is 1.30. The number of hydrogen-bond acceptors (Lipinski definition) is 5. The van der Waals surface area contributed by atoms with Crippen LogP contribution in [0.3, 0.4) is 0 Å². The minimum atomic E-state index is -0.313. The Morgan fingerprint density at radius 1 is 1.25 bits per heavy atom. The van der Waals surface area contributed by atoms with Crippen molar-refractivity contribution in [3.8, 4) is 5.75 Å². The Kier molecular flexibility index (Phi) is 2.94. The van der Waals surface area contributed by atoms with Crippen LogP contribution >= 0.6 is 0 Å². The van der Waals surface area contributed by atoms with Crippen molar-refractivity contribution in [2.75, 3.05) is 5.73 Å². The Labute approximate surface area is 114 Å². The molecule has 1 atom stereocenters. The summed E-state index contributed by atoms with van der Waals surface area (Å²) in [5.74, 6) is 0.825. The number of aromatic nitrogens is 4. The lowest BCUT2D eigenvalue weighted by atomic mass is 10.2. The van der Waals surface area contributed by atoms with E-state index in [0.29, 0.717) is 11.5 Å². The predicted molar refractivity (Wildman–Crippen MR) is 70.6 cm³/mol. The van der Waals surface area contributed by atoms with Crippen LogP contribution in [0.4, 0.5) is 10.3 Å². The maximum Gasteiger partial charge on any atom is 0.254 e. The first kappa shape index (κ1) is 12.3. The summed E-state index contributed by atoms with van der Waals surface area (Å²) in [6.45, 7) is 1.86. The van der Waals surface area contributed by atoms with Crippen LogP contribution in [0.25, 0.3) is 5.78 Å². The van der Waals surface area contributed by atoms with E-state index in [1.54, 1.807) is 24.4 Å². The zero-order chi connectivity index (χ0) is 14.1. The molecule has 0 amide bonds. The van der Waals surface area contributed by atoms with E-state index in [0.717, 1.165) is 5.69 Å². The summed E-state index contributed by atoms with van der Waals surface area (Å²) < 4.78 is 20.1. The fraction of sp³-hybridized carbons (Fsp3) is 0.154. The lowest BCUT2D eigenvalue weighted by Crippen LogP contribution is -2.10. The van der Waals surface area contributed by atoms with Crippen LogP contribution in [-0.2, 0) is 0 Å². The number of anilines is 1. The molecular weight excluding hydrogens is 261 g/mol. The quantitative estimate of drug-likeness (QED) is 0.789. The van der Waals surface area contributed by atoms with Crippen LogP contribution in [0.2, 0.25) is 0 Å². The Balaban J connectivity index is 1.92. The summed E-state index contributed by atoms with van der Waals surface area (Å²) in [4.78, 5) is 8.06. The van der Waals surface area contributed by atoms with Crippen LogP contribution in [0.15, 0.2) is 36.5 Å². The highest BCUT2D eigenvalue weighted by atomic mass is 19.1. The summed E-state index contributed by atoms with van der Waals surface area (Å²) in [7, 11) is 0. The van der Waals surface area contributed by atoms with Gasteiger partial charge in [-0.15, -0.1) is 5.10 Å². The normalized spacial score (nSPS) is 12.5. The monoisotopic (exact) mass is 273 g/mol. The van der Waals surface area contributed by atoms with Gasteiger partial charge < -0.3 is 10.5 Å². The molecule has 0 bridgehead atoms. The van der Waals surface area contributed by atoms with E-state index >= 15 is 0 Å². The largest absolute Gasteiger partial charge is 0.484 e. The average Bonchev–Trinajstić information content (AvgIpc) is 2.81. The van der Waals surface area contributed by atoms with Gasteiger partial charge in [0.2, 0.25) is 5.95 Å². The SMILES string of the molecule is C[C@H](Oc1ccc(F)cc1)c1ccnc2nc(N)nn12. The van der Waals surface area contributed by atoms with Gasteiger partial charge in [-0.2, -0.15) is 9.50 Å². The first-order valence-corrected chi connectivity index (χ1v) is 6.03. The number of ether oxygens (including phenoxy) is 1. The van der Waals surface area contributed by atoms with Gasteiger partial charge in [0.1, 0.15) is 17.7 Å². The molecule has 0 fully saturated rings. The molecule has 0 aliphatic heterocycles. The van der Waals surface area contributed by atoms with Crippen LogP contribution < -0.4 is 10.5 Å². The van der Waals surface area contributed by atoms with Crippen molar-refractivity contribution in [2.45, 2.75) is 13.0 Å². The second-order valence-corrected chi connectivity index (χ2v) is 4.27. The molecule has 20 heavy (non-hydrogen) atoms. The second kappa shape index (κ2) is 4.76. The third kappa shape index (κ3) is 2.25. The number of halogens is 1. The molecule has 0 saturated carbocycles. The second-order valence-electron chi connectivity index (χ2n) is 4.27. The average molecular weight is 273 g/mol. The predicted octanol–water partition coefficient (Wildman–Crippen LogP) is 1.99. The van der Waals surface area contributed by atoms with Crippen LogP contribution in [0, 0.1) is 5.82 Å². The highest BCUT2D eigenvalue weighted by Crippen LogP contribution is 2.21. The highest BCUT2D eigenvalue weighted by molar-refractivity contribution is 5.35. The summed E-state index contributed by atoms with van der Waals surface area (Å²) in [6, 6.07) is 7.60. The molecule has 2 aromatic heterocycles. The van der Waals surface area contributed by atoms with Gasteiger partial charge in [-0.25, -0.2) is 9.37 Å². The number of hydrogen-bond donors (Lipinski definition) is 1. The van der Waals surface area contributed by atoms with Crippen molar-refractivity contribution in [1.29, 1.82) is 0 Å². The number of nitrogen functional groups attached to an aromatic ring is 1. The number of nitrogens with zero attached hydrogens (tertiary/aromatic N) is 4. The molecule has 3 aromatic rings. The Morgan fingerprint density at radius 2 is 2.00 bits per heavy atom. The molecule has 0 aliphatic carbocycles. The van der Waals surface area contributed by atoms with E-state index in [1.165, 1.54) is 16.6 Å². The third-order valence-corrected chi connectivity index (χ3v) is 2.83. The minimum absolute atomic E-state index is 0.152. The van der Waals surface area contributed by atoms with Crippen molar-refractivity contribution in [3.63, 3.8) is 0 Å². The van der Waals surface area contributed by atoms with Crippen molar-refractivity contribution < 1.29 is 9.13 Å². The smallest absolute Gasteiger partial charge is 0.254 e. The molecule has 0 radical (unpaired) electrons. The maximum absolute atomic E-state index is 12.9. The van der Waals surface area contributed by atoms with E-state index in [4.69, 9.17) is 10.5 Å². The van der Waals surface area contributed by atoms with Gasteiger partial charge >= 0.3 is 0 Å². The fourth-order valence-electron chi connectivity index (χ4n) is 1.91.